The molecule has 0 heterocycles. The Morgan fingerprint density at radius 2 is 1.00 bits per heavy atom. The first-order valence-electron chi connectivity index (χ1n) is 7.56. The molecule has 0 atom stereocenters. The van der Waals surface area contributed by atoms with E-state index in [0.717, 1.165) is 0 Å². The van der Waals surface area contributed by atoms with Gasteiger partial charge >= 0.3 is 0 Å². The summed E-state index contributed by atoms with van der Waals surface area (Å²) in [6.07, 6.45) is 16.2. The van der Waals surface area contributed by atoms with Gasteiger partial charge in [-0.2, -0.15) is 0 Å². The van der Waals surface area contributed by atoms with E-state index in [9.17, 15) is 0 Å². The van der Waals surface area contributed by atoms with Crippen LogP contribution in [0.15, 0.2) is 0 Å². The van der Waals surface area contributed by atoms with Crippen LogP contribution in [0.5, 0.6) is 0 Å². The lowest BCUT2D eigenvalue weighted by molar-refractivity contribution is 0.542. The quantitative estimate of drug-likeness (QED) is 0.295. The second-order valence-corrected chi connectivity index (χ2v) is 5.17. The van der Waals surface area contributed by atoms with E-state index in [1.165, 1.54) is 77.0 Å². The highest BCUT2D eigenvalue weighted by atomic mass is 14.0. The van der Waals surface area contributed by atoms with Crippen LogP contribution in [0, 0.1) is 0 Å². The van der Waals surface area contributed by atoms with E-state index >= 15 is 0 Å². The van der Waals surface area contributed by atoms with Crippen molar-refractivity contribution in [3.05, 3.63) is 0 Å². The van der Waals surface area contributed by atoms with Crippen molar-refractivity contribution in [3.8, 4) is 0 Å². The molecule has 0 aromatic rings. The van der Waals surface area contributed by atoms with Crippen molar-refractivity contribution in [1.82, 2.24) is 0 Å². The lowest BCUT2D eigenvalue weighted by Crippen LogP contribution is -1.93. The Kier molecular flexibility index (Phi) is 13.2. The van der Waals surface area contributed by atoms with E-state index in [-0.39, 0.29) is 0 Å². The highest BCUT2D eigenvalue weighted by molar-refractivity contribution is 6.11. The van der Waals surface area contributed by atoms with E-state index in [1.807, 2.05) is 0 Å². The summed E-state index contributed by atoms with van der Waals surface area (Å²) in [5.41, 5.74) is 0. The fourth-order valence-electron chi connectivity index (χ4n) is 2.16. The van der Waals surface area contributed by atoms with E-state index < -0.39 is 0 Å². The number of hydrogen-bond acceptors (Lipinski definition) is 0. The van der Waals surface area contributed by atoms with Gasteiger partial charge in [0.1, 0.15) is 0 Å². The molecule has 0 fully saturated rings. The van der Waals surface area contributed by atoms with Gasteiger partial charge in [-0.25, -0.2) is 0 Å². The smallest absolute Gasteiger partial charge is 0.0699 e. The Labute approximate surface area is 105 Å². The molecule has 0 aliphatic heterocycles. The molecule has 0 amide bonds. The van der Waals surface area contributed by atoms with Gasteiger partial charge in [0, 0.05) is 0 Å². The van der Waals surface area contributed by atoms with Gasteiger partial charge in [-0.1, -0.05) is 96.7 Å². The second-order valence-electron chi connectivity index (χ2n) is 5.17. The zero-order chi connectivity index (χ0) is 12.1. The molecule has 0 nitrogen and oxygen atoms in total. The normalized spacial score (nSPS) is 11.2. The average Bonchev–Trinajstić information content (AvgIpc) is 2.28. The van der Waals surface area contributed by atoms with Crippen molar-refractivity contribution in [2.24, 2.45) is 0 Å². The zero-order valence-electron chi connectivity index (χ0n) is 11.6. The third kappa shape index (κ3) is 12.1. The predicted octanol–water partition coefficient (Wildman–Crippen LogP) is 5.66. The third-order valence-corrected chi connectivity index (χ3v) is 3.36. The third-order valence-electron chi connectivity index (χ3n) is 3.36. The SMILES string of the molecule is [B]C(CCCCCCC)CCCCCCC. The number of rotatable bonds is 12. The van der Waals surface area contributed by atoms with Gasteiger partial charge in [-0.3, -0.25) is 0 Å². The molecular weight excluding hydrogens is 191 g/mol. The van der Waals surface area contributed by atoms with E-state index in [4.69, 9.17) is 7.85 Å². The Morgan fingerprint density at radius 3 is 1.38 bits per heavy atom. The zero-order valence-corrected chi connectivity index (χ0v) is 11.6. The molecule has 0 bridgehead atoms. The van der Waals surface area contributed by atoms with Crippen molar-refractivity contribution < 1.29 is 0 Å². The van der Waals surface area contributed by atoms with Crippen molar-refractivity contribution in [1.29, 1.82) is 0 Å². The van der Waals surface area contributed by atoms with Crippen LogP contribution in [-0.4, -0.2) is 7.85 Å². The van der Waals surface area contributed by atoms with Crippen molar-refractivity contribution >= 4 is 7.85 Å². The largest absolute Gasteiger partial charge is 0.0774 e. The summed E-state index contributed by atoms with van der Waals surface area (Å²) in [7, 11) is 6.10. The average molecular weight is 222 g/mol. The van der Waals surface area contributed by atoms with Gasteiger partial charge < -0.3 is 0 Å². The molecule has 16 heavy (non-hydrogen) atoms. The standard InChI is InChI=1S/C15H31B/c1-3-5-7-9-11-13-15(16)14-12-10-8-6-4-2/h15H,3-14H2,1-2H3. The van der Waals surface area contributed by atoms with Gasteiger partial charge in [0.05, 0.1) is 7.85 Å². The molecule has 0 saturated carbocycles. The Balaban J connectivity index is 3.09. The highest BCUT2D eigenvalue weighted by Gasteiger charge is 2.01. The molecule has 0 N–H and O–H groups in total. The van der Waals surface area contributed by atoms with Crippen LogP contribution in [0.4, 0.5) is 0 Å². The number of hydrogen-bond donors (Lipinski definition) is 0. The van der Waals surface area contributed by atoms with Gasteiger partial charge in [0.25, 0.3) is 0 Å². The van der Waals surface area contributed by atoms with Crippen molar-refractivity contribution in [2.45, 2.75) is 96.7 Å². The molecule has 0 aromatic heterocycles. The first kappa shape index (κ1) is 16.1. The Morgan fingerprint density at radius 1 is 0.625 bits per heavy atom. The Hall–Kier alpha value is 0.0649. The van der Waals surface area contributed by atoms with Gasteiger partial charge in [0.2, 0.25) is 0 Å². The monoisotopic (exact) mass is 222 g/mol. The molecular formula is C15H31B. The van der Waals surface area contributed by atoms with E-state index in [2.05, 4.69) is 13.8 Å². The van der Waals surface area contributed by atoms with Crippen LogP contribution in [0.3, 0.4) is 0 Å². The van der Waals surface area contributed by atoms with Crippen LogP contribution in [-0.2, 0) is 0 Å². The van der Waals surface area contributed by atoms with E-state index in [1.54, 1.807) is 0 Å². The molecule has 1 heteroatoms. The summed E-state index contributed by atoms with van der Waals surface area (Å²) in [6.45, 7) is 4.53. The summed E-state index contributed by atoms with van der Waals surface area (Å²) < 4.78 is 0. The molecule has 0 spiro atoms. The minimum atomic E-state index is 0.475. The van der Waals surface area contributed by atoms with Gasteiger partial charge in [0.15, 0.2) is 0 Å². The maximum absolute atomic E-state index is 6.10. The minimum Gasteiger partial charge on any atom is -0.0774 e. The summed E-state index contributed by atoms with van der Waals surface area (Å²) in [6, 6.07) is 0. The molecule has 0 unspecified atom stereocenters. The summed E-state index contributed by atoms with van der Waals surface area (Å²) in [4.78, 5) is 0. The predicted molar refractivity (Wildman–Crippen MR) is 76.3 cm³/mol. The summed E-state index contributed by atoms with van der Waals surface area (Å²) in [5, 5.41) is 0. The molecule has 0 saturated heterocycles. The second kappa shape index (κ2) is 13.1. The molecule has 2 radical (unpaired) electrons. The minimum absolute atomic E-state index is 0.475. The first-order valence-corrected chi connectivity index (χ1v) is 7.56. The maximum atomic E-state index is 6.10. The molecule has 0 aliphatic carbocycles. The van der Waals surface area contributed by atoms with Crippen LogP contribution in [0.1, 0.15) is 90.9 Å². The fourth-order valence-corrected chi connectivity index (χ4v) is 2.16. The summed E-state index contributed by atoms with van der Waals surface area (Å²) >= 11 is 0. The highest BCUT2D eigenvalue weighted by Crippen LogP contribution is 2.20. The van der Waals surface area contributed by atoms with Crippen molar-refractivity contribution in [3.63, 3.8) is 0 Å². The topological polar surface area (TPSA) is 0 Å². The molecule has 0 aromatic carbocycles. The number of unbranched alkanes of at least 4 members (excludes halogenated alkanes) is 8. The Bertz CT molecular complexity index is 109. The van der Waals surface area contributed by atoms with Crippen LogP contribution in [0.2, 0.25) is 5.82 Å². The fraction of sp³-hybridized carbons (Fsp3) is 1.00. The lowest BCUT2D eigenvalue weighted by Gasteiger charge is -2.11. The van der Waals surface area contributed by atoms with Gasteiger partial charge in [-0.05, 0) is 0 Å². The molecule has 0 rings (SSSR count). The summed E-state index contributed by atoms with van der Waals surface area (Å²) in [5.74, 6) is 0.475. The van der Waals surface area contributed by atoms with Crippen LogP contribution < -0.4 is 0 Å². The maximum Gasteiger partial charge on any atom is 0.0699 e. The molecule has 94 valence electrons. The van der Waals surface area contributed by atoms with E-state index in [0.29, 0.717) is 5.82 Å². The van der Waals surface area contributed by atoms with Gasteiger partial charge in [-0.15, -0.1) is 0 Å². The lowest BCUT2D eigenvalue weighted by atomic mass is 9.79. The molecule has 0 aliphatic rings. The van der Waals surface area contributed by atoms with Crippen molar-refractivity contribution in [2.75, 3.05) is 0 Å². The van der Waals surface area contributed by atoms with Crippen LogP contribution in [0.25, 0.3) is 0 Å². The van der Waals surface area contributed by atoms with Crippen LogP contribution >= 0.6 is 0 Å². The first-order chi connectivity index (χ1) is 7.81.